The summed E-state index contributed by atoms with van der Waals surface area (Å²) in [6, 6.07) is 18.5. The predicted molar refractivity (Wildman–Crippen MR) is 128 cm³/mol. The van der Waals surface area contributed by atoms with Crippen molar-refractivity contribution in [2.75, 3.05) is 6.54 Å². The fraction of sp³-hybridized carbons (Fsp3) is 0.185. The Morgan fingerprint density at radius 1 is 0.970 bits per heavy atom. The van der Waals surface area contributed by atoms with E-state index in [1.165, 1.54) is 17.0 Å². The summed E-state index contributed by atoms with van der Waals surface area (Å²) in [7, 11) is 0. The van der Waals surface area contributed by atoms with Gasteiger partial charge in [0.15, 0.2) is 0 Å². The number of carbonyl (C=O) groups excluding carboxylic acids is 2. The third-order valence-electron chi connectivity index (χ3n) is 5.95. The molecule has 6 heteroatoms. The van der Waals surface area contributed by atoms with E-state index in [0.717, 1.165) is 16.7 Å². The van der Waals surface area contributed by atoms with Crippen molar-refractivity contribution in [1.82, 2.24) is 4.90 Å². The van der Waals surface area contributed by atoms with Crippen molar-refractivity contribution in [3.8, 4) is 5.75 Å². The van der Waals surface area contributed by atoms with Crippen molar-refractivity contribution in [1.29, 1.82) is 0 Å². The van der Waals surface area contributed by atoms with Gasteiger partial charge >= 0.3 is 0 Å². The van der Waals surface area contributed by atoms with Gasteiger partial charge in [-0.1, -0.05) is 53.6 Å². The number of aliphatic hydroxyl groups is 1. The van der Waals surface area contributed by atoms with Crippen LogP contribution in [-0.4, -0.2) is 33.3 Å². The van der Waals surface area contributed by atoms with E-state index in [1.807, 2.05) is 38.1 Å². The quantitative estimate of drug-likeness (QED) is 0.306. The molecule has 1 unspecified atom stereocenters. The number of aliphatic hydroxyl groups excluding tert-OH is 1. The standard InChI is InChI=1S/C27H24ClNO4/c1-16-3-4-17(2)22(15-16)25(31)23-24(19-7-11-21(30)12-8-19)29(27(33)26(23)32)14-13-18-5-9-20(28)10-6-18/h3-12,15,24,30-31H,13-14H2,1-2H3/b25-23+. The molecular formula is C27H24ClNO4. The first-order chi connectivity index (χ1) is 15.8. The van der Waals surface area contributed by atoms with E-state index >= 15 is 0 Å². The summed E-state index contributed by atoms with van der Waals surface area (Å²) < 4.78 is 0. The Hall–Kier alpha value is -3.57. The largest absolute Gasteiger partial charge is 0.508 e. The van der Waals surface area contributed by atoms with E-state index in [9.17, 15) is 19.8 Å². The molecule has 3 aromatic carbocycles. The molecule has 1 saturated heterocycles. The highest BCUT2D eigenvalue weighted by Crippen LogP contribution is 2.40. The summed E-state index contributed by atoms with van der Waals surface area (Å²) >= 11 is 5.97. The van der Waals surface area contributed by atoms with Crippen LogP contribution < -0.4 is 0 Å². The normalized spacial score (nSPS) is 17.5. The molecule has 5 nitrogen and oxygen atoms in total. The van der Waals surface area contributed by atoms with Crippen LogP contribution in [0.3, 0.4) is 0 Å². The Balaban J connectivity index is 1.80. The summed E-state index contributed by atoms with van der Waals surface area (Å²) in [5.41, 5.74) is 3.91. The monoisotopic (exact) mass is 461 g/mol. The Bertz CT molecular complexity index is 1250. The first kappa shape index (κ1) is 22.6. The summed E-state index contributed by atoms with van der Waals surface area (Å²) in [4.78, 5) is 27.7. The van der Waals surface area contributed by atoms with Crippen molar-refractivity contribution in [3.63, 3.8) is 0 Å². The van der Waals surface area contributed by atoms with Crippen LogP contribution in [0.4, 0.5) is 0 Å². The first-order valence-electron chi connectivity index (χ1n) is 10.7. The number of aromatic hydroxyl groups is 1. The lowest BCUT2D eigenvalue weighted by atomic mass is 9.93. The maximum absolute atomic E-state index is 13.2. The number of carbonyl (C=O) groups is 2. The maximum Gasteiger partial charge on any atom is 0.295 e. The predicted octanol–water partition coefficient (Wildman–Crippen LogP) is 5.33. The van der Waals surface area contributed by atoms with E-state index in [4.69, 9.17) is 11.6 Å². The highest BCUT2D eigenvalue weighted by atomic mass is 35.5. The van der Waals surface area contributed by atoms with Crippen molar-refractivity contribution in [2.24, 2.45) is 0 Å². The van der Waals surface area contributed by atoms with Crippen molar-refractivity contribution >= 4 is 29.1 Å². The Morgan fingerprint density at radius 3 is 2.30 bits per heavy atom. The molecule has 1 heterocycles. The Labute approximate surface area is 197 Å². The van der Waals surface area contributed by atoms with Gasteiger partial charge in [0.2, 0.25) is 0 Å². The minimum Gasteiger partial charge on any atom is -0.508 e. The smallest absolute Gasteiger partial charge is 0.295 e. The number of hydrogen-bond acceptors (Lipinski definition) is 4. The van der Waals surface area contributed by atoms with Gasteiger partial charge in [-0.3, -0.25) is 9.59 Å². The Morgan fingerprint density at radius 2 is 1.64 bits per heavy atom. The molecule has 3 aromatic rings. The molecule has 0 aliphatic carbocycles. The van der Waals surface area contributed by atoms with Crippen molar-refractivity contribution in [2.45, 2.75) is 26.3 Å². The highest BCUT2D eigenvalue weighted by molar-refractivity contribution is 6.46. The number of phenols is 1. The second kappa shape index (κ2) is 9.12. The molecule has 0 saturated carbocycles. The van der Waals surface area contributed by atoms with Gasteiger partial charge in [-0.05, 0) is 67.3 Å². The lowest BCUT2D eigenvalue weighted by Crippen LogP contribution is -2.31. The van der Waals surface area contributed by atoms with Crippen LogP contribution in [0.15, 0.2) is 72.3 Å². The molecular weight excluding hydrogens is 438 g/mol. The summed E-state index contributed by atoms with van der Waals surface area (Å²) in [5.74, 6) is -1.50. The highest BCUT2D eigenvalue weighted by Gasteiger charge is 2.45. The SMILES string of the molecule is Cc1ccc(C)c(/C(O)=C2\C(=O)C(=O)N(CCc3ccc(Cl)cc3)C2c2ccc(O)cc2)c1. The number of ketones is 1. The first-order valence-corrected chi connectivity index (χ1v) is 11.0. The molecule has 2 N–H and O–H groups in total. The molecule has 4 rings (SSSR count). The molecule has 1 aliphatic heterocycles. The lowest BCUT2D eigenvalue weighted by Gasteiger charge is -2.25. The third kappa shape index (κ3) is 4.50. The van der Waals surface area contributed by atoms with Gasteiger partial charge in [0, 0.05) is 17.1 Å². The second-order valence-electron chi connectivity index (χ2n) is 8.28. The molecule has 0 bridgehead atoms. The average molecular weight is 462 g/mol. The fourth-order valence-electron chi connectivity index (χ4n) is 4.15. The van der Waals surface area contributed by atoms with Gasteiger partial charge in [-0.15, -0.1) is 0 Å². The number of amides is 1. The molecule has 0 radical (unpaired) electrons. The van der Waals surface area contributed by atoms with E-state index in [2.05, 4.69) is 0 Å². The van der Waals surface area contributed by atoms with Crippen molar-refractivity contribution < 1.29 is 19.8 Å². The van der Waals surface area contributed by atoms with Crippen LogP contribution in [0, 0.1) is 13.8 Å². The third-order valence-corrected chi connectivity index (χ3v) is 6.20. The molecule has 0 aromatic heterocycles. The topological polar surface area (TPSA) is 77.8 Å². The number of rotatable bonds is 5. The summed E-state index contributed by atoms with van der Waals surface area (Å²) in [5, 5.41) is 21.6. The minimum absolute atomic E-state index is 0.0514. The van der Waals surface area contributed by atoms with E-state index in [0.29, 0.717) is 22.6 Å². The van der Waals surface area contributed by atoms with Crippen LogP contribution in [0.2, 0.25) is 5.02 Å². The van der Waals surface area contributed by atoms with E-state index < -0.39 is 17.7 Å². The molecule has 0 spiro atoms. The lowest BCUT2D eigenvalue weighted by molar-refractivity contribution is -0.139. The number of Topliss-reactive ketones (excluding diaryl/α,β-unsaturated/α-hetero) is 1. The van der Waals surface area contributed by atoms with E-state index in [1.54, 1.807) is 30.3 Å². The van der Waals surface area contributed by atoms with Gasteiger partial charge in [0.05, 0.1) is 11.6 Å². The zero-order chi connectivity index (χ0) is 23.7. The average Bonchev–Trinajstić information content (AvgIpc) is 3.05. The number of nitrogens with zero attached hydrogens (tertiary/aromatic N) is 1. The maximum atomic E-state index is 13.2. The zero-order valence-corrected chi connectivity index (χ0v) is 19.1. The number of aryl methyl sites for hydroxylation is 2. The second-order valence-corrected chi connectivity index (χ2v) is 8.72. The van der Waals surface area contributed by atoms with Crippen LogP contribution in [-0.2, 0) is 16.0 Å². The van der Waals surface area contributed by atoms with Crippen LogP contribution >= 0.6 is 11.6 Å². The van der Waals surface area contributed by atoms with Crippen molar-refractivity contribution in [3.05, 3.63) is 105 Å². The summed E-state index contributed by atoms with van der Waals surface area (Å²) in [6.07, 6.45) is 0.516. The molecule has 1 atom stereocenters. The number of halogens is 1. The van der Waals surface area contributed by atoms with Gasteiger partial charge in [-0.2, -0.15) is 0 Å². The van der Waals surface area contributed by atoms with Crippen LogP contribution in [0.5, 0.6) is 5.75 Å². The summed E-state index contributed by atoms with van der Waals surface area (Å²) in [6.45, 7) is 4.03. The van der Waals surface area contributed by atoms with Gasteiger partial charge < -0.3 is 15.1 Å². The van der Waals surface area contributed by atoms with Gasteiger partial charge in [0.25, 0.3) is 11.7 Å². The molecule has 33 heavy (non-hydrogen) atoms. The van der Waals surface area contributed by atoms with Crippen LogP contribution in [0.1, 0.15) is 33.9 Å². The molecule has 1 amide bonds. The number of likely N-dealkylation sites (tertiary alicyclic amines) is 1. The van der Waals surface area contributed by atoms with Gasteiger partial charge in [-0.25, -0.2) is 0 Å². The molecule has 1 fully saturated rings. The van der Waals surface area contributed by atoms with E-state index in [-0.39, 0.29) is 23.6 Å². The number of benzene rings is 3. The van der Waals surface area contributed by atoms with Crippen LogP contribution in [0.25, 0.3) is 5.76 Å². The fourth-order valence-corrected chi connectivity index (χ4v) is 4.28. The molecule has 1 aliphatic rings. The molecule has 168 valence electrons. The zero-order valence-electron chi connectivity index (χ0n) is 18.4. The minimum atomic E-state index is -0.766. The number of hydrogen-bond donors (Lipinski definition) is 2. The van der Waals surface area contributed by atoms with Gasteiger partial charge in [0.1, 0.15) is 11.5 Å². The number of phenolic OH excluding ortho intramolecular Hbond substituents is 1. The Kier molecular flexibility index (Phi) is 6.25.